The molecule has 0 amide bonds. The summed E-state index contributed by atoms with van der Waals surface area (Å²) in [6.45, 7) is 0.771. The Labute approximate surface area is 131 Å². The van der Waals surface area contributed by atoms with Crippen LogP contribution in [0.5, 0.6) is 0 Å². The summed E-state index contributed by atoms with van der Waals surface area (Å²) in [6, 6.07) is 18.5. The Bertz CT molecular complexity index is 692. The van der Waals surface area contributed by atoms with E-state index in [9.17, 15) is 0 Å². The second kappa shape index (κ2) is 6.09. The van der Waals surface area contributed by atoms with Crippen LogP contribution in [-0.4, -0.2) is 9.78 Å². The van der Waals surface area contributed by atoms with E-state index in [4.69, 9.17) is 0 Å². The second-order valence-electron chi connectivity index (χ2n) is 4.49. The highest BCUT2D eigenvalue weighted by atomic mass is 127. The van der Waals surface area contributed by atoms with E-state index in [1.54, 1.807) is 0 Å². The van der Waals surface area contributed by atoms with E-state index in [2.05, 4.69) is 63.5 Å². The summed E-state index contributed by atoms with van der Waals surface area (Å²) in [5.74, 6) is 0. The third-order valence-electron chi connectivity index (χ3n) is 2.98. The molecule has 3 rings (SSSR count). The molecule has 100 valence electrons. The monoisotopic (exact) mass is 375 g/mol. The largest absolute Gasteiger partial charge is 0.381 e. The van der Waals surface area contributed by atoms with Crippen molar-refractivity contribution in [2.75, 3.05) is 5.32 Å². The Morgan fingerprint density at radius 3 is 2.70 bits per heavy atom. The van der Waals surface area contributed by atoms with Crippen LogP contribution in [0.1, 0.15) is 5.56 Å². The molecule has 0 radical (unpaired) electrons. The lowest BCUT2D eigenvalue weighted by Crippen LogP contribution is -1.98. The Morgan fingerprint density at radius 2 is 1.90 bits per heavy atom. The van der Waals surface area contributed by atoms with Crippen molar-refractivity contribution >= 4 is 28.3 Å². The molecular weight excluding hydrogens is 361 g/mol. The first-order valence-corrected chi connectivity index (χ1v) is 7.47. The normalized spacial score (nSPS) is 10.4. The fraction of sp³-hybridized carbons (Fsp3) is 0.0625. The molecule has 2 aromatic carbocycles. The van der Waals surface area contributed by atoms with Gasteiger partial charge in [-0.3, -0.25) is 0 Å². The van der Waals surface area contributed by atoms with Crippen LogP contribution in [0.2, 0.25) is 0 Å². The van der Waals surface area contributed by atoms with E-state index in [0.29, 0.717) is 0 Å². The van der Waals surface area contributed by atoms with Crippen molar-refractivity contribution in [2.45, 2.75) is 6.54 Å². The van der Waals surface area contributed by atoms with Gasteiger partial charge in [-0.15, -0.1) is 0 Å². The van der Waals surface area contributed by atoms with E-state index in [1.165, 1.54) is 3.57 Å². The van der Waals surface area contributed by atoms with Gasteiger partial charge >= 0.3 is 0 Å². The predicted molar refractivity (Wildman–Crippen MR) is 90.0 cm³/mol. The molecule has 0 spiro atoms. The number of nitrogens with zero attached hydrogens (tertiary/aromatic N) is 2. The zero-order chi connectivity index (χ0) is 13.8. The van der Waals surface area contributed by atoms with Crippen molar-refractivity contribution in [3.63, 3.8) is 0 Å². The number of nitrogens with one attached hydrogen (secondary N) is 1. The van der Waals surface area contributed by atoms with Crippen molar-refractivity contribution in [2.24, 2.45) is 0 Å². The summed E-state index contributed by atoms with van der Waals surface area (Å²) < 4.78 is 3.12. The summed E-state index contributed by atoms with van der Waals surface area (Å²) in [5.41, 5.74) is 3.37. The lowest BCUT2D eigenvalue weighted by atomic mass is 10.3. The number of aromatic nitrogens is 2. The lowest BCUT2D eigenvalue weighted by Gasteiger charge is -2.04. The molecule has 3 nitrogen and oxygen atoms in total. The van der Waals surface area contributed by atoms with Crippen molar-refractivity contribution < 1.29 is 0 Å². The summed E-state index contributed by atoms with van der Waals surface area (Å²) >= 11 is 2.32. The van der Waals surface area contributed by atoms with Crippen molar-refractivity contribution in [1.82, 2.24) is 9.78 Å². The summed E-state index contributed by atoms with van der Waals surface area (Å²) in [5, 5.41) is 7.80. The van der Waals surface area contributed by atoms with Gasteiger partial charge in [0.2, 0.25) is 0 Å². The third-order valence-corrected chi connectivity index (χ3v) is 3.65. The second-order valence-corrected chi connectivity index (χ2v) is 5.74. The van der Waals surface area contributed by atoms with Crippen LogP contribution < -0.4 is 5.32 Å². The number of rotatable bonds is 4. The standard InChI is InChI=1S/C16H14IN3/c17-14-5-4-6-15(9-14)18-10-13-11-19-20(12-13)16-7-2-1-3-8-16/h1-9,11-12,18H,10H2. The van der Waals surface area contributed by atoms with Gasteiger partial charge in [0.1, 0.15) is 0 Å². The zero-order valence-corrected chi connectivity index (χ0v) is 13.0. The summed E-state index contributed by atoms with van der Waals surface area (Å²) in [6.07, 6.45) is 3.95. The molecule has 0 aliphatic heterocycles. The number of halogens is 1. The molecule has 20 heavy (non-hydrogen) atoms. The molecular formula is C16H14IN3. The van der Waals surface area contributed by atoms with Crippen LogP contribution in [0.25, 0.3) is 5.69 Å². The molecule has 3 aromatic rings. The van der Waals surface area contributed by atoms with Crippen molar-refractivity contribution in [1.29, 1.82) is 0 Å². The lowest BCUT2D eigenvalue weighted by molar-refractivity contribution is 0.880. The molecule has 0 aliphatic rings. The van der Waals surface area contributed by atoms with Crippen LogP contribution in [0.4, 0.5) is 5.69 Å². The minimum absolute atomic E-state index is 0.771. The van der Waals surface area contributed by atoms with Gasteiger partial charge in [0.15, 0.2) is 0 Å². The molecule has 1 heterocycles. The maximum absolute atomic E-state index is 4.39. The zero-order valence-electron chi connectivity index (χ0n) is 10.8. The summed E-state index contributed by atoms with van der Waals surface area (Å²) in [4.78, 5) is 0. The van der Waals surface area contributed by atoms with Crippen LogP contribution in [-0.2, 0) is 6.54 Å². The third kappa shape index (κ3) is 3.19. The average molecular weight is 375 g/mol. The van der Waals surface area contributed by atoms with E-state index in [0.717, 1.165) is 23.5 Å². The van der Waals surface area contributed by atoms with Gasteiger partial charge in [-0.05, 0) is 52.9 Å². The molecule has 0 bridgehead atoms. The van der Waals surface area contributed by atoms with Gasteiger partial charge in [0.25, 0.3) is 0 Å². The van der Waals surface area contributed by atoms with E-state index in [-0.39, 0.29) is 0 Å². The molecule has 4 heteroatoms. The number of para-hydroxylation sites is 1. The first kappa shape index (κ1) is 13.2. The SMILES string of the molecule is Ic1cccc(NCc2cnn(-c3ccccc3)c2)c1. The Hall–Kier alpha value is -1.82. The highest BCUT2D eigenvalue weighted by molar-refractivity contribution is 14.1. The smallest absolute Gasteiger partial charge is 0.0645 e. The first-order chi connectivity index (χ1) is 9.81. The number of anilines is 1. The minimum atomic E-state index is 0.771. The molecule has 0 atom stereocenters. The van der Waals surface area contributed by atoms with Crippen LogP contribution >= 0.6 is 22.6 Å². The fourth-order valence-corrected chi connectivity index (χ4v) is 2.52. The molecule has 1 N–H and O–H groups in total. The Kier molecular flexibility index (Phi) is 4.01. The topological polar surface area (TPSA) is 29.9 Å². The Balaban J connectivity index is 1.69. The van der Waals surface area contributed by atoms with Crippen LogP contribution in [0.15, 0.2) is 67.0 Å². The van der Waals surface area contributed by atoms with Gasteiger partial charge < -0.3 is 5.32 Å². The minimum Gasteiger partial charge on any atom is -0.381 e. The molecule has 1 aromatic heterocycles. The maximum Gasteiger partial charge on any atom is 0.0645 e. The quantitative estimate of drug-likeness (QED) is 0.697. The van der Waals surface area contributed by atoms with Crippen LogP contribution in [0.3, 0.4) is 0 Å². The number of benzene rings is 2. The van der Waals surface area contributed by atoms with Crippen molar-refractivity contribution in [3.05, 3.63) is 76.1 Å². The molecule has 0 saturated carbocycles. The fourth-order valence-electron chi connectivity index (χ4n) is 1.98. The highest BCUT2D eigenvalue weighted by Crippen LogP contribution is 2.14. The summed E-state index contributed by atoms with van der Waals surface area (Å²) in [7, 11) is 0. The molecule has 0 fully saturated rings. The van der Waals surface area contributed by atoms with Crippen molar-refractivity contribution in [3.8, 4) is 5.69 Å². The molecule has 0 aliphatic carbocycles. The predicted octanol–water partition coefficient (Wildman–Crippen LogP) is 4.09. The van der Waals surface area contributed by atoms with E-state index < -0.39 is 0 Å². The number of hydrogen-bond donors (Lipinski definition) is 1. The van der Waals surface area contributed by atoms with E-state index in [1.807, 2.05) is 41.2 Å². The highest BCUT2D eigenvalue weighted by Gasteiger charge is 2.00. The van der Waals surface area contributed by atoms with Crippen LogP contribution in [0, 0.1) is 3.57 Å². The van der Waals surface area contributed by atoms with Gasteiger partial charge in [0.05, 0.1) is 11.9 Å². The first-order valence-electron chi connectivity index (χ1n) is 6.40. The number of hydrogen-bond acceptors (Lipinski definition) is 2. The maximum atomic E-state index is 4.39. The van der Waals surface area contributed by atoms with Gasteiger partial charge in [0, 0.05) is 27.6 Å². The average Bonchev–Trinajstić information content (AvgIpc) is 2.95. The van der Waals surface area contributed by atoms with E-state index >= 15 is 0 Å². The van der Waals surface area contributed by atoms with Gasteiger partial charge in [-0.25, -0.2) is 4.68 Å². The Morgan fingerprint density at radius 1 is 1.05 bits per heavy atom. The molecule has 0 saturated heterocycles. The van der Waals surface area contributed by atoms with Gasteiger partial charge in [-0.1, -0.05) is 24.3 Å². The molecule has 0 unspecified atom stereocenters. The van der Waals surface area contributed by atoms with Gasteiger partial charge in [-0.2, -0.15) is 5.10 Å².